The van der Waals surface area contributed by atoms with Crippen LogP contribution in [0.25, 0.3) is 0 Å². The first kappa shape index (κ1) is 18.9. The molecule has 0 saturated heterocycles. The molecule has 0 bridgehead atoms. The first-order chi connectivity index (χ1) is 12.3. The molecule has 0 fully saturated rings. The molecule has 2 aromatic rings. The maximum Gasteiger partial charge on any atom is 0.259 e. The predicted molar refractivity (Wildman–Crippen MR) is 101 cm³/mol. The molecule has 1 unspecified atom stereocenters. The first-order valence-corrected chi connectivity index (χ1v) is 7.79. The minimum Gasteiger partial charge on any atom is -0.353 e. The summed E-state index contributed by atoms with van der Waals surface area (Å²) >= 11 is 0. The van der Waals surface area contributed by atoms with Crippen LogP contribution in [-0.4, -0.2) is 10.9 Å². The number of nitrogens with one attached hydrogen (secondary N) is 2. The number of aryl methyl sites for hydroxylation is 1. The molecule has 0 radical (unpaired) electrons. The van der Waals surface area contributed by atoms with E-state index in [1.807, 2.05) is 0 Å². The Kier molecular flexibility index (Phi) is 5.92. The Morgan fingerprint density at radius 3 is 2.77 bits per heavy atom. The van der Waals surface area contributed by atoms with Gasteiger partial charge in [-0.25, -0.2) is 9.37 Å². The summed E-state index contributed by atoms with van der Waals surface area (Å²) < 4.78 is 14.3. The molecule has 1 aromatic carbocycles. The molecule has 0 spiro atoms. The standard InChI is InChI=1S/C20H19FN4O/c1-5-13(4)23-18-11-14(15(21)10-12(18)3)20(26)25-19-9-7-8-17(24-19)16(22)6-2/h2,7-11,16,23H,1,22H2,3-4H3,(H,24,25,26). The van der Waals surface area contributed by atoms with Crippen LogP contribution < -0.4 is 16.4 Å². The van der Waals surface area contributed by atoms with Gasteiger partial charge in [-0.05, 0) is 43.7 Å². The van der Waals surface area contributed by atoms with Gasteiger partial charge in [-0.2, -0.15) is 0 Å². The van der Waals surface area contributed by atoms with E-state index in [9.17, 15) is 9.18 Å². The fraction of sp³-hybridized carbons (Fsp3) is 0.150. The molecule has 6 heteroatoms. The zero-order chi connectivity index (χ0) is 19.3. The van der Waals surface area contributed by atoms with Gasteiger partial charge in [0.2, 0.25) is 0 Å². The van der Waals surface area contributed by atoms with Gasteiger partial charge in [0.15, 0.2) is 0 Å². The molecule has 0 aliphatic carbocycles. The second-order valence-electron chi connectivity index (χ2n) is 5.62. The SMILES string of the molecule is C#CC(N)c1cccc(NC(=O)c2cc(NC(C)=C=C)c(C)cc2F)n1. The molecule has 1 amide bonds. The Bertz CT molecular complexity index is 939. The zero-order valence-electron chi connectivity index (χ0n) is 14.6. The first-order valence-electron chi connectivity index (χ1n) is 7.79. The minimum atomic E-state index is -0.688. The van der Waals surface area contributed by atoms with Crippen LogP contribution >= 0.6 is 0 Å². The zero-order valence-corrected chi connectivity index (χ0v) is 14.6. The van der Waals surface area contributed by atoms with E-state index in [0.717, 1.165) is 0 Å². The van der Waals surface area contributed by atoms with Crippen molar-refractivity contribution in [2.24, 2.45) is 5.73 Å². The van der Waals surface area contributed by atoms with Crippen molar-refractivity contribution in [1.82, 2.24) is 4.98 Å². The van der Waals surface area contributed by atoms with Crippen LogP contribution in [-0.2, 0) is 0 Å². The number of terminal acetylenes is 1. The number of halogens is 1. The maximum absolute atomic E-state index is 14.3. The van der Waals surface area contributed by atoms with Crippen molar-refractivity contribution in [2.75, 3.05) is 10.6 Å². The van der Waals surface area contributed by atoms with Crippen LogP contribution in [0.2, 0.25) is 0 Å². The summed E-state index contributed by atoms with van der Waals surface area (Å²) in [6.07, 6.45) is 5.28. The van der Waals surface area contributed by atoms with Crippen LogP contribution in [0.4, 0.5) is 15.9 Å². The Balaban J connectivity index is 2.31. The molecule has 0 aliphatic rings. The highest BCUT2D eigenvalue weighted by atomic mass is 19.1. The number of aromatic nitrogens is 1. The molecule has 1 atom stereocenters. The smallest absolute Gasteiger partial charge is 0.259 e. The second kappa shape index (κ2) is 8.13. The number of amides is 1. The number of hydrogen-bond acceptors (Lipinski definition) is 4. The van der Waals surface area contributed by atoms with Crippen molar-refractivity contribution >= 4 is 17.4 Å². The van der Waals surface area contributed by atoms with E-state index in [2.05, 4.69) is 33.8 Å². The van der Waals surface area contributed by atoms with E-state index in [0.29, 0.717) is 22.6 Å². The van der Waals surface area contributed by atoms with Crippen molar-refractivity contribution in [3.8, 4) is 12.3 Å². The molecule has 1 aromatic heterocycles. The monoisotopic (exact) mass is 350 g/mol. The number of nitrogens with two attached hydrogens (primary N) is 1. The van der Waals surface area contributed by atoms with Crippen LogP contribution in [0.5, 0.6) is 0 Å². The Hall–Kier alpha value is -3.39. The average Bonchev–Trinajstić information content (AvgIpc) is 2.63. The topological polar surface area (TPSA) is 80.0 Å². The number of pyridine rings is 1. The predicted octanol–water partition coefficient (Wildman–Crippen LogP) is 3.52. The van der Waals surface area contributed by atoms with Crippen molar-refractivity contribution in [3.63, 3.8) is 0 Å². The summed E-state index contributed by atoms with van der Waals surface area (Å²) in [6.45, 7) is 7.03. The van der Waals surface area contributed by atoms with Gasteiger partial charge in [0, 0.05) is 5.69 Å². The molecular formula is C20H19FN4O. The van der Waals surface area contributed by atoms with Crippen molar-refractivity contribution in [3.05, 3.63) is 71.0 Å². The van der Waals surface area contributed by atoms with E-state index in [-0.39, 0.29) is 11.4 Å². The number of carbonyl (C=O) groups excluding carboxylic acids is 1. The minimum absolute atomic E-state index is 0.122. The molecule has 4 N–H and O–H groups in total. The molecule has 26 heavy (non-hydrogen) atoms. The third-order valence-corrected chi connectivity index (χ3v) is 3.66. The lowest BCUT2D eigenvalue weighted by Crippen LogP contribution is -2.17. The van der Waals surface area contributed by atoms with Gasteiger partial charge in [-0.3, -0.25) is 4.79 Å². The maximum atomic E-state index is 14.3. The van der Waals surface area contributed by atoms with E-state index in [1.165, 1.54) is 12.1 Å². The average molecular weight is 350 g/mol. The molecule has 0 saturated carbocycles. The normalized spacial score (nSPS) is 11.0. The van der Waals surface area contributed by atoms with E-state index < -0.39 is 17.8 Å². The molecule has 132 valence electrons. The van der Waals surface area contributed by atoms with Gasteiger partial charge in [0.25, 0.3) is 5.91 Å². The third-order valence-electron chi connectivity index (χ3n) is 3.66. The number of hydrogen-bond donors (Lipinski definition) is 3. The highest BCUT2D eigenvalue weighted by molar-refractivity contribution is 6.04. The largest absolute Gasteiger partial charge is 0.353 e. The van der Waals surface area contributed by atoms with Gasteiger partial charge >= 0.3 is 0 Å². The summed E-state index contributed by atoms with van der Waals surface area (Å²) in [5, 5.41) is 5.58. The summed E-state index contributed by atoms with van der Waals surface area (Å²) in [5.41, 5.74) is 10.6. The van der Waals surface area contributed by atoms with Gasteiger partial charge in [0.1, 0.15) is 17.7 Å². The van der Waals surface area contributed by atoms with Crippen LogP contribution in [0.1, 0.15) is 34.6 Å². The van der Waals surface area contributed by atoms with Crippen LogP contribution in [0, 0.1) is 25.1 Å². The van der Waals surface area contributed by atoms with Gasteiger partial charge in [-0.1, -0.05) is 18.6 Å². The molecule has 0 aliphatic heterocycles. The lowest BCUT2D eigenvalue weighted by Gasteiger charge is -2.13. The number of nitrogens with zero attached hydrogens (tertiary/aromatic N) is 1. The fourth-order valence-electron chi connectivity index (χ4n) is 2.19. The summed E-state index contributed by atoms with van der Waals surface area (Å²) in [4.78, 5) is 16.7. The molecular weight excluding hydrogens is 331 g/mol. The van der Waals surface area contributed by atoms with E-state index >= 15 is 0 Å². The number of benzene rings is 1. The van der Waals surface area contributed by atoms with Crippen LogP contribution in [0.3, 0.4) is 0 Å². The lowest BCUT2D eigenvalue weighted by molar-refractivity contribution is 0.102. The van der Waals surface area contributed by atoms with Crippen molar-refractivity contribution < 1.29 is 9.18 Å². The lowest BCUT2D eigenvalue weighted by atomic mass is 10.1. The number of anilines is 2. The summed E-state index contributed by atoms with van der Waals surface area (Å²) in [5.74, 6) is 1.32. The number of rotatable bonds is 5. The van der Waals surface area contributed by atoms with Crippen molar-refractivity contribution in [1.29, 1.82) is 0 Å². The third kappa shape index (κ3) is 4.37. The van der Waals surface area contributed by atoms with Gasteiger partial charge < -0.3 is 16.4 Å². The summed E-state index contributed by atoms with van der Waals surface area (Å²) in [7, 11) is 0. The quantitative estimate of drug-likeness (QED) is 0.569. The molecule has 1 heterocycles. The Labute approximate surface area is 151 Å². The van der Waals surface area contributed by atoms with E-state index in [4.69, 9.17) is 12.2 Å². The second-order valence-corrected chi connectivity index (χ2v) is 5.62. The fourth-order valence-corrected chi connectivity index (χ4v) is 2.19. The van der Waals surface area contributed by atoms with Crippen LogP contribution in [0.15, 0.2) is 48.3 Å². The molecule has 2 rings (SSSR count). The van der Waals surface area contributed by atoms with E-state index in [1.54, 1.807) is 32.0 Å². The Morgan fingerprint density at radius 2 is 2.12 bits per heavy atom. The van der Waals surface area contributed by atoms with Crippen molar-refractivity contribution in [2.45, 2.75) is 19.9 Å². The Morgan fingerprint density at radius 1 is 1.38 bits per heavy atom. The van der Waals surface area contributed by atoms with Gasteiger partial charge in [-0.15, -0.1) is 12.2 Å². The molecule has 5 nitrogen and oxygen atoms in total. The summed E-state index contributed by atoms with van der Waals surface area (Å²) in [6, 6.07) is 6.90. The number of carbonyl (C=O) groups is 1. The highest BCUT2D eigenvalue weighted by Crippen LogP contribution is 2.22. The van der Waals surface area contributed by atoms with Gasteiger partial charge in [0.05, 0.1) is 17.0 Å². The number of allylic oxidation sites excluding steroid dienone is 1. The highest BCUT2D eigenvalue weighted by Gasteiger charge is 2.16.